The van der Waals surface area contributed by atoms with Gasteiger partial charge in [0.25, 0.3) is 5.91 Å². The van der Waals surface area contributed by atoms with E-state index in [9.17, 15) is 4.79 Å². The van der Waals surface area contributed by atoms with Crippen molar-refractivity contribution < 1.29 is 9.21 Å². The van der Waals surface area contributed by atoms with Crippen molar-refractivity contribution in [3.63, 3.8) is 0 Å². The maximum Gasteiger partial charge on any atom is 0.252 e. The van der Waals surface area contributed by atoms with Crippen LogP contribution in [0.15, 0.2) is 22.7 Å². The van der Waals surface area contributed by atoms with E-state index in [0.717, 1.165) is 22.5 Å². The fourth-order valence-corrected chi connectivity index (χ4v) is 3.00. The maximum absolute atomic E-state index is 12.8. The first-order valence-electron chi connectivity index (χ1n) is 8.80. The Morgan fingerprint density at radius 1 is 1.21 bits per heavy atom. The Morgan fingerprint density at radius 2 is 1.93 bits per heavy atom. The minimum Gasteiger partial charge on any atom is -0.466 e. The van der Waals surface area contributed by atoms with Crippen molar-refractivity contribution in [1.29, 1.82) is 0 Å². The third kappa shape index (κ3) is 4.66. The Kier molecular flexibility index (Phi) is 8.48. The predicted octanol–water partition coefficient (Wildman–Crippen LogP) is 3.68. The largest absolute Gasteiger partial charge is 0.466 e. The molecule has 0 unspecified atom stereocenters. The molecule has 1 amide bonds. The summed E-state index contributed by atoms with van der Waals surface area (Å²) >= 11 is 0. The van der Waals surface area contributed by atoms with Crippen LogP contribution in [0.25, 0.3) is 22.3 Å². The molecule has 3 rings (SSSR count). The highest BCUT2D eigenvalue weighted by molar-refractivity contribution is 6.06. The van der Waals surface area contributed by atoms with Crippen LogP contribution in [-0.2, 0) is 0 Å². The minimum atomic E-state index is -0.130. The third-order valence-electron chi connectivity index (χ3n) is 4.28. The topological polar surface area (TPSA) is 85.0 Å². The second kappa shape index (κ2) is 9.91. The Hall–Kier alpha value is -2.09. The van der Waals surface area contributed by atoms with Gasteiger partial charge in [-0.3, -0.25) is 4.79 Å². The van der Waals surface area contributed by atoms with Gasteiger partial charge < -0.3 is 15.1 Å². The number of hydrogen-bond donors (Lipinski definition) is 2. The number of hydrogen-bond acceptors (Lipinski definition) is 5. The van der Waals surface area contributed by atoms with Gasteiger partial charge in [-0.25, -0.2) is 9.67 Å². The highest BCUT2D eigenvalue weighted by atomic mass is 35.5. The average Bonchev–Trinajstić information content (AvgIpc) is 3.16. The van der Waals surface area contributed by atoms with Gasteiger partial charge in [0.15, 0.2) is 5.65 Å². The zero-order chi connectivity index (χ0) is 18.8. The van der Waals surface area contributed by atoms with E-state index < -0.39 is 0 Å². The Labute approximate surface area is 177 Å². The Morgan fingerprint density at radius 3 is 2.50 bits per heavy atom. The second-order valence-corrected chi connectivity index (χ2v) is 6.66. The molecule has 3 heterocycles. The van der Waals surface area contributed by atoms with Crippen molar-refractivity contribution in [2.24, 2.45) is 0 Å². The van der Waals surface area contributed by atoms with Crippen LogP contribution >= 0.6 is 24.8 Å². The van der Waals surface area contributed by atoms with E-state index in [1.807, 2.05) is 51.6 Å². The first-order valence-corrected chi connectivity index (χ1v) is 8.80. The zero-order valence-corrected chi connectivity index (χ0v) is 18.3. The quantitative estimate of drug-likeness (QED) is 0.585. The number of aryl methyl sites for hydroxylation is 2. The normalized spacial score (nSPS) is 10.6. The summed E-state index contributed by atoms with van der Waals surface area (Å²) in [4.78, 5) is 17.5. The molecule has 0 radical (unpaired) electrons. The molecule has 0 saturated heterocycles. The summed E-state index contributed by atoms with van der Waals surface area (Å²) in [6.45, 7) is 9.15. The van der Waals surface area contributed by atoms with Gasteiger partial charge in [-0.1, -0.05) is 0 Å². The molecule has 7 nitrogen and oxygen atoms in total. The number of furan rings is 1. The van der Waals surface area contributed by atoms with Gasteiger partial charge in [0.05, 0.1) is 22.8 Å². The molecule has 3 aromatic heterocycles. The fourth-order valence-electron chi connectivity index (χ4n) is 3.00. The minimum absolute atomic E-state index is 0. The van der Waals surface area contributed by atoms with Crippen LogP contribution in [0.5, 0.6) is 0 Å². The van der Waals surface area contributed by atoms with E-state index in [4.69, 9.17) is 9.40 Å². The van der Waals surface area contributed by atoms with Crippen molar-refractivity contribution in [3.05, 3.63) is 35.4 Å². The molecule has 0 fully saturated rings. The van der Waals surface area contributed by atoms with Crippen LogP contribution in [0.2, 0.25) is 0 Å². The molecule has 9 heteroatoms. The molecule has 28 heavy (non-hydrogen) atoms. The number of halogens is 2. The van der Waals surface area contributed by atoms with Crippen LogP contribution < -0.4 is 10.6 Å². The van der Waals surface area contributed by atoms with Crippen LogP contribution in [0.3, 0.4) is 0 Å². The summed E-state index contributed by atoms with van der Waals surface area (Å²) < 4.78 is 7.49. The summed E-state index contributed by atoms with van der Waals surface area (Å²) in [5, 5.41) is 11.1. The number of fused-ring (bicyclic) bond motifs is 1. The summed E-state index contributed by atoms with van der Waals surface area (Å²) in [6, 6.07) is 3.91. The second-order valence-electron chi connectivity index (χ2n) is 6.66. The predicted molar refractivity (Wildman–Crippen MR) is 116 cm³/mol. The van der Waals surface area contributed by atoms with E-state index in [2.05, 4.69) is 15.7 Å². The summed E-state index contributed by atoms with van der Waals surface area (Å²) in [7, 11) is 1.85. The molecule has 0 aliphatic carbocycles. The van der Waals surface area contributed by atoms with Crippen molar-refractivity contribution >= 4 is 41.8 Å². The van der Waals surface area contributed by atoms with Crippen LogP contribution in [0.1, 0.15) is 41.8 Å². The standard InChI is InChI=1S/C19H25N5O2.2ClH/c1-11(2)24-18-16(10-22-24)15(19(25)21-7-6-20-5)9-17(23-18)14-8-12(3)26-13(14)4;;/h8-11,20H,6-7H2,1-5H3,(H,21,25);2*1H. The third-order valence-corrected chi connectivity index (χ3v) is 4.28. The lowest BCUT2D eigenvalue weighted by molar-refractivity contribution is 0.0955. The van der Waals surface area contributed by atoms with Crippen LogP contribution in [0, 0.1) is 13.8 Å². The fraction of sp³-hybridized carbons (Fsp3) is 0.421. The van der Waals surface area contributed by atoms with E-state index >= 15 is 0 Å². The van der Waals surface area contributed by atoms with Gasteiger partial charge in [-0.15, -0.1) is 24.8 Å². The molecule has 2 N–H and O–H groups in total. The first-order chi connectivity index (χ1) is 12.4. The van der Waals surface area contributed by atoms with Gasteiger partial charge in [0.2, 0.25) is 0 Å². The SMILES string of the molecule is CNCCNC(=O)c1cc(-c2cc(C)oc2C)nc2c1cnn2C(C)C.Cl.Cl. The van der Waals surface area contributed by atoms with Gasteiger partial charge in [-0.05, 0) is 46.9 Å². The van der Waals surface area contributed by atoms with Crippen molar-refractivity contribution in [1.82, 2.24) is 25.4 Å². The number of amides is 1. The number of nitrogens with zero attached hydrogens (tertiary/aromatic N) is 3. The Balaban J connectivity index is 0.00000196. The molecule has 0 spiro atoms. The van der Waals surface area contributed by atoms with E-state index in [1.54, 1.807) is 6.20 Å². The van der Waals surface area contributed by atoms with Gasteiger partial charge >= 0.3 is 0 Å². The molecule has 0 atom stereocenters. The number of likely N-dealkylation sites (N-methyl/N-ethyl adjacent to an activating group) is 1. The number of aromatic nitrogens is 3. The number of rotatable bonds is 6. The van der Waals surface area contributed by atoms with Gasteiger partial charge in [-0.2, -0.15) is 5.10 Å². The summed E-state index contributed by atoms with van der Waals surface area (Å²) in [5.74, 6) is 1.47. The molecule has 0 saturated carbocycles. The van der Waals surface area contributed by atoms with E-state index in [1.165, 1.54) is 0 Å². The summed E-state index contributed by atoms with van der Waals surface area (Å²) in [6.07, 6.45) is 1.71. The maximum atomic E-state index is 12.8. The molecule has 0 aromatic carbocycles. The number of carbonyl (C=O) groups excluding carboxylic acids is 1. The molecule has 0 bridgehead atoms. The highest BCUT2D eigenvalue weighted by Gasteiger charge is 2.20. The molecular weight excluding hydrogens is 401 g/mol. The molecule has 3 aromatic rings. The molecule has 0 aliphatic rings. The molecular formula is C19H27Cl2N5O2. The van der Waals surface area contributed by atoms with E-state index in [0.29, 0.717) is 30.0 Å². The first kappa shape index (κ1) is 23.9. The molecule has 0 aliphatic heterocycles. The lowest BCUT2D eigenvalue weighted by atomic mass is 10.1. The smallest absolute Gasteiger partial charge is 0.252 e. The zero-order valence-electron chi connectivity index (χ0n) is 16.7. The number of nitrogens with one attached hydrogen (secondary N) is 2. The number of carbonyl (C=O) groups is 1. The van der Waals surface area contributed by atoms with Crippen molar-refractivity contribution in [2.75, 3.05) is 20.1 Å². The molecule has 154 valence electrons. The van der Waals surface area contributed by atoms with Crippen molar-refractivity contribution in [3.8, 4) is 11.3 Å². The number of pyridine rings is 1. The van der Waals surface area contributed by atoms with Crippen molar-refractivity contribution in [2.45, 2.75) is 33.7 Å². The lowest BCUT2D eigenvalue weighted by Crippen LogP contribution is -2.30. The van der Waals surface area contributed by atoms with Gasteiger partial charge in [0, 0.05) is 24.7 Å². The van der Waals surface area contributed by atoms with E-state index in [-0.39, 0.29) is 36.8 Å². The van der Waals surface area contributed by atoms with Gasteiger partial charge in [0.1, 0.15) is 11.5 Å². The van der Waals surface area contributed by atoms with Crippen LogP contribution in [-0.4, -0.2) is 40.8 Å². The monoisotopic (exact) mass is 427 g/mol. The van der Waals surface area contributed by atoms with Crippen LogP contribution in [0.4, 0.5) is 0 Å². The highest BCUT2D eigenvalue weighted by Crippen LogP contribution is 2.29. The Bertz CT molecular complexity index is 949. The average molecular weight is 428 g/mol. The lowest BCUT2D eigenvalue weighted by Gasteiger charge is -2.10. The summed E-state index contributed by atoms with van der Waals surface area (Å²) in [5.41, 5.74) is 2.89.